The van der Waals surface area contributed by atoms with Crippen LogP contribution in [0.2, 0.25) is 0 Å². The Morgan fingerprint density at radius 2 is 1.92 bits per heavy atom. The number of benzene rings is 1. The molecule has 198 valence electrons. The van der Waals surface area contributed by atoms with Gasteiger partial charge >= 0.3 is 12.1 Å². The highest BCUT2D eigenvalue weighted by Crippen LogP contribution is 2.36. The predicted molar refractivity (Wildman–Crippen MR) is 131 cm³/mol. The van der Waals surface area contributed by atoms with Gasteiger partial charge in [0.05, 0.1) is 14.2 Å². The molecule has 0 fully saturated rings. The van der Waals surface area contributed by atoms with Crippen LogP contribution in [0.4, 0.5) is 30.6 Å². The first-order valence-corrected chi connectivity index (χ1v) is 11.0. The van der Waals surface area contributed by atoms with Crippen molar-refractivity contribution in [2.24, 2.45) is 5.73 Å². The van der Waals surface area contributed by atoms with E-state index in [0.29, 0.717) is 11.3 Å². The standard InChI is InChI=1S/C24H22F3N7O4/c1-12-7-18(24(25,26)27)33-34(12)20-17(14-9-16(22(36)38-3)21(37-2)29-10-14)11-30-23(32-20)31-15-6-4-5-13(8-15)19(28)35/h4-11,18,33H,1-3H3,(H2,28,35)(H,30,31,32). The minimum absolute atomic E-state index is 0.00117. The number of hydrazine groups is 1. The molecule has 1 aliphatic rings. The van der Waals surface area contributed by atoms with Crippen molar-refractivity contribution >= 4 is 29.3 Å². The molecule has 1 unspecified atom stereocenters. The zero-order valence-corrected chi connectivity index (χ0v) is 20.3. The number of hydrogen-bond donors (Lipinski definition) is 3. The lowest BCUT2D eigenvalue weighted by molar-refractivity contribution is -0.142. The van der Waals surface area contributed by atoms with Crippen LogP contribution < -0.4 is 26.2 Å². The summed E-state index contributed by atoms with van der Waals surface area (Å²) < 4.78 is 50.4. The number of primary amides is 1. The molecule has 0 aliphatic carbocycles. The summed E-state index contributed by atoms with van der Waals surface area (Å²) in [7, 11) is 2.52. The summed E-state index contributed by atoms with van der Waals surface area (Å²) in [6, 6.07) is 5.70. The molecule has 11 nitrogen and oxygen atoms in total. The topological polar surface area (TPSA) is 145 Å². The molecule has 3 aromatic rings. The van der Waals surface area contributed by atoms with E-state index in [9.17, 15) is 22.8 Å². The summed E-state index contributed by atoms with van der Waals surface area (Å²) >= 11 is 0. The molecule has 0 saturated heterocycles. The van der Waals surface area contributed by atoms with Gasteiger partial charge in [0.25, 0.3) is 0 Å². The van der Waals surface area contributed by atoms with Gasteiger partial charge in [-0.2, -0.15) is 18.2 Å². The molecule has 0 spiro atoms. The molecule has 0 radical (unpaired) electrons. The first-order chi connectivity index (χ1) is 18.0. The Morgan fingerprint density at radius 1 is 1.16 bits per heavy atom. The third-order valence-electron chi connectivity index (χ3n) is 5.53. The summed E-state index contributed by atoms with van der Waals surface area (Å²) in [6.45, 7) is 1.49. The molecule has 14 heteroatoms. The number of rotatable bonds is 7. The zero-order valence-electron chi connectivity index (χ0n) is 20.3. The number of pyridine rings is 1. The van der Waals surface area contributed by atoms with Crippen molar-refractivity contribution in [3.8, 4) is 17.0 Å². The average Bonchev–Trinajstić information content (AvgIpc) is 3.30. The van der Waals surface area contributed by atoms with E-state index in [1.165, 1.54) is 56.7 Å². The Labute approximate surface area is 214 Å². The second kappa shape index (κ2) is 10.3. The molecular weight excluding hydrogens is 507 g/mol. The molecule has 4 rings (SSSR count). The van der Waals surface area contributed by atoms with E-state index in [2.05, 4.69) is 25.7 Å². The summed E-state index contributed by atoms with van der Waals surface area (Å²) in [6.07, 6.45) is -0.809. The maximum atomic E-state index is 13.5. The number of allylic oxidation sites excluding steroid dienone is 1. The van der Waals surface area contributed by atoms with Crippen molar-refractivity contribution < 1.29 is 32.2 Å². The number of carbonyl (C=O) groups is 2. The first-order valence-electron chi connectivity index (χ1n) is 11.0. The van der Waals surface area contributed by atoms with E-state index in [0.717, 1.165) is 6.08 Å². The van der Waals surface area contributed by atoms with Gasteiger partial charge in [-0.15, -0.1) is 0 Å². The number of alkyl halides is 3. The molecular formula is C24H22F3N7O4. The highest BCUT2D eigenvalue weighted by Gasteiger charge is 2.43. The molecule has 1 atom stereocenters. The normalized spacial score (nSPS) is 15.2. The fourth-order valence-corrected chi connectivity index (χ4v) is 3.69. The monoisotopic (exact) mass is 529 g/mol. The molecule has 0 saturated carbocycles. The van der Waals surface area contributed by atoms with E-state index in [1.54, 1.807) is 12.1 Å². The lowest BCUT2D eigenvalue weighted by atomic mass is 10.1. The fraction of sp³-hybridized carbons (Fsp3) is 0.208. The average molecular weight is 529 g/mol. The number of halogens is 3. The highest BCUT2D eigenvalue weighted by molar-refractivity contribution is 5.94. The Hall–Kier alpha value is -4.72. The Morgan fingerprint density at radius 3 is 2.55 bits per heavy atom. The van der Waals surface area contributed by atoms with Crippen molar-refractivity contribution in [3.05, 3.63) is 65.6 Å². The van der Waals surface area contributed by atoms with Crippen molar-refractivity contribution in [2.75, 3.05) is 24.5 Å². The van der Waals surface area contributed by atoms with Gasteiger partial charge in [-0.25, -0.2) is 20.2 Å². The number of esters is 1. The lowest BCUT2D eigenvalue weighted by Crippen LogP contribution is -2.45. The van der Waals surface area contributed by atoms with Gasteiger partial charge in [-0.1, -0.05) is 6.07 Å². The number of nitrogens with one attached hydrogen (secondary N) is 2. The van der Waals surface area contributed by atoms with Gasteiger partial charge in [0.15, 0.2) is 5.82 Å². The summed E-state index contributed by atoms with van der Waals surface area (Å²) in [5.41, 5.74) is 9.18. The summed E-state index contributed by atoms with van der Waals surface area (Å²) in [5.74, 6) is -1.30. The number of carbonyl (C=O) groups excluding carboxylic acids is 2. The number of nitrogens with zero attached hydrogens (tertiary/aromatic N) is 4. The quantitative estimate of drug-likeness (QED) is 0.390. The largest absolute Gasteiger partial charge is 0.480 e. The van der Waals surface area contributed by atoms with Gasteiger partial charge in [-0.05, 0) is 37.3 Å². The van der Waals surface area contributed by atoms with Crippen LogP contribution in [0.3, 0.4) is 0 Å². The Balaban J connectivity index is 1.81. The van der Waals surface area contributed by atoms with E-state index in [4.69, 9.17) is 15.2 Å². The predicted octanol–water partition coefficient (Wildman–Crippen LogP) is 3.34. The summed E-state index contributed by atoms with van der Waals surface area (Å²) in [4.78, 5) is 36.7. The second-order valence-corrected chi connectivity index (χ2v) is 8.07. The molecule has 3 heterocycles. The van der Waals surface area contributed by atoms with Crippen LogP contribution in [0.15, 0.2) is 54.5 Å². The van der Waals surface area contributed by atoms with Crippen LogP contribution in [-0.4, -0.2) is 53.3 Å². The number of methoxy groups -OCH3 is 2. The van der Waals surface area contributed by atoms with Crippen molar-refractivity contribution in [3.63, 3.8) is 0 Å². The number of ether oxygens (including phenoxy) is 2. The number of hydrogen-bond acceptors (Lipinski definition) is 10. The Bertz CT molecular complexity index is 1430. The third kappa shape index (κ3) is 5.34. The van der Waals surface area contributed by atoms with Crippen LogP contribution in [0.25, 0.3) is 11.1 Å². The third-order valence-corrected chi connectivity index (χ3v) is 5.53. The maximum absolute atomic E-state index is 13.5. The van der Waals surface area contributed by atoms with Crippen LogP contribution in [0.1, 0.15) is 27.6 Å². The van der Waals surface area contributed by atoms with Crippen LogP contribution in [0, 0.1) is 0 Å². The van der Waals surface area contributed by atoms with Crippen molar-refractivity contribution in [2.45, 2.75) is 19.1 Å². The minimum Gasteiger partial charge on any atom is -0.480 e. The van der Waals surface area contributed by atoms with Gasteiger partial charge < -0.3 is 20.5 Å². The van der Waals surface area contributed by atoms with Crippen LogP contribution in [0.5, 0.6) is 5.88 Å². The van der Waals surface area contributed by atoms with Crippen LogP contribution in [-0.2, 0) is 4.74 Å². The number of anilines is 3. The first kappa shape index (κ1) is 26.3. The molecule has 0 bridgehead atoms. The number of aromatic nitrogens is 3. The second-order valence-electron chi connectivity index (χ2n) is 8.07. The molecule has 4 N–H and O–H groups in total. The van der Waals surface area contributed by atoms with Crippen molar-refractivity contribution in [1.82, 2.24) is 20.4 Å². The number of amides is 1. The minimum atomic E-state index is -4.56. The van der Waals surface area contributed by atoms with E-state index in [1.807, 2.05) is 0 Å². The summed E-state index contributed by atoms with van der Waals surface area (Å²) in [5, 5.41) is 4.09. The van der Waals surface area contributed by atoms with Gasteiger partial charge in [-0.3, -0.25) is 9.80 Å². The van der Waals surface area contributed by atoms with Gasteiger partial charge in [0.1, 0.15) is 11.6 Å². The van der Waals surface area contributed by atoms with Crippen molar-refractivity contribution in [1.29, 1.82) is 0 Å². The van der Waals surface area contributed by atoms with E-state index in [-0.39, 0.29) is 40.0 Å². The highest BCUT2D eigenvalue weighted by atomic mass is 19.4. The van der Waals surface area contributed by atoms with Gasteiger partial charge in [0.2, 0.25) is 17.7 Å². The molecule has 1 aliphatic heterocycles. The molecule has 2 aromatic heterocycles. The SMILES string of the molecule is COC(=O)c1cc(-c2cnc(Nc3cccc(C(N)=O)c3)nc2N2NC(C(F)(F)F)C=C2C)cnc1OC. The van der Waals surface area contributed by atoms with E-state index < -0.39 is 24.1 Å². The lowest BCUT2D eigenvalue weighted by Gasteiger charge is -2.25. The fourth-order valence-electron chi connectivity index (χ4n) is 3.69. The zero-order chi connectivity index (χ0) is 27.6. The molecule has 1 aromatic carbocycles. The molecule has 1 amide bonds. The number of nitrogens with two attached hydrogens (primary N) is 1. The molecule has 38 heavy (non-hydrogen) atoms. The van der Waals surface area contributed by atoms with Crippen LogP contribution >= 0.6 is 0 Å². The maximum Gasteiger partial charge on any atom is 0.409 e. The van der Waals surface area contributed by atoms with E-state index >= 15 is 0 Å². The smallest absolute Gasteiger partial charge is 0.409 e. The van der Waals surface area contributed by atoms with Gasteiger partial charge in [0, 0.05) is 40.5 Å². The Kier molecular flexibility index (Phi) is 7.17.